The van der Waals surface area contributed by atoms with Gasteiger partial charge in [0.2, 0.25) is 10.0 Å². The van der Waals surface area contributed by atoms with Gasteiger partial charge >= 0.3 is 0 Å². The summed E-state index contributed by atoms with van der Waals surface area (Å²) in [6.07, 6.45) is 6.51. The molecule has 0 amide bonds. The first-order valence-electron chi connectivity index (χ1n) is 5.05. The van der Waals surface area contributed by atoms with E-state index in [0.29, 0.717) is 11.5 Å². The molecule has 0 unspecified atom stereocenters. The number of hydrogen-bond donors (Lipinski definition) is 1. The van der Waals surface area contributed by atoms with Crippen molar-refractivity contribution in [1.29, 1.82) is 0 Å². The van der Waals surface area contributed by atoms with E-state index in [0.717, 1.165) is 0 Å². The van der Waals surface area contributed by atoms with Crippen molar-refractivity contribution in [2.75, 3.05) is 10.5 Å². The SMILES string of the molecule is CCS(=O)(=O)Nc1ccc(-n2ccnc2)nc1. The highest BCUT2D eigenvalue weighted by Gasteiger charge is 2.06. The largest absolute Gasteiger partial charge is 0.291 e. The predicted molar refractivity (Wildman–Crippen MR) is 64.4 cm³/mol. The molecule has 0 aliphatic heterocycles. The summed E-state index contributed by atoms with van der Waals surface area (Å²) in [7, 11) is -3.25. The first kappa shape index (κ1) is 11.6. The minimum atomic E-state index is -3.25. The monoisotopic (exact) mass is 252 g/mol. The van der Waals surface area contributed by atoms with Crippen LogP contribution >= 0.6 is 0 Å². The van der Waals surface area contributed by atoms with Gasteiger partial charge in [-0.25, -0.2) is 18.4 Å². The molecule has 0 atom stereocenters. The molecule has 7 heteroatoms. The van der Waals surface area contributed by atoms with E-state index in [4.69, 9.17) is 0 Å². The van der Waals surface area contributed by atoms with Crippen LogP contribution in [-0.2, 0) is 10.0 Å². The third kappa shape index (κ3) is 2.82. The quantitative estimate of drug-likeness (QED) is 0.881. The number of hydrogen-bond acceptors (Lipinski definition) is 4. The fourth-order valence-electron chi connectivity index (χ4n) is 1.25. The lowest BCUT2D eigenvalue weighted by Crippen LogP contribution is -2.14. The maximum absolute atomic E-state index is 11.3. The van der Waals surface area contributed by atoms with Crippen LogP contribution in [0.25, 0.3) is 5.82 Å². The van der Waals surface area contributed by atoms with Gasteiger partial charge in [-0.3, -0.25) is 9.29 Å². The lowest BCUT2D eigenvalue weighted by molar-refractivity contribution is 0.602. The van der Waals surface area contributed by atoms with E-state index in [1.54, 1.807) is 42.3 Å². The Morgan fingerprint density at radius 1 is 1.41 bits per heavy atom. The molecule has 0 bridgehead atoms. The Morgan fingerprint density at radius 3 is 2.76 bits per heavy atom. The highest BCUT2D eigenvalue weighted by atomic mass is 32.2. The van der Waals surface area contributed by atoms with E-state index in [1.165, 1.54) is 6.20 Å². The van der Waals surface area contributed by atoms with Crippen LogP contribution in [0.1, 0.15) is 6.92 Å². The van der Waals surface area contributed by atoms with E-state index in [9.17, 15) is 8.42 Å². The molecule has 6 nitrogen and oxygen atoms in total. The van der Waals surface area contributed by atoms with Crippen molar-refractivity contribution in [3.8, 4) is 5.82 Å². The Balaban J connectivity index is 2.19. The van der Waals surface area contributed by atoms with Gasteiger partial charge in [-0.05, 0) is 19.1 Å². The van der Waals surface area contributed by atoms with Crippen molar-refractivity contribution in [2.24, 2.45) is 0 Å². The number of rotatable bonds is 4. The van der Waals surface area contributed by atoms with Crippen molar-refractivity contribution in [3.05, 3.63) is 37.1 Å². The molecule has 0 aromatic carbocycles. The molecule has 0 aliphatic rings. The van der Waals surface area contributed by atoms with E-state index >= 15 is 0 Å². The molecule has 17 heavy (non-hydrogen) atoms. The minimum Gasteiger partial charge on any atom is -0.291 e. The average Bonchev–Trinajstić information content (AvgIpc) is 2.83. The van der Waals surface area contributed by atoms with E-state index in [-0.39, 0.29) is 5.75 Å². The van der Waals surface area contributed by atoms with Crippen LogP contribution in [0.5, 0.6) is 0 Å². The fourth-order valence-corrected chi connectivity index (χ4v) is 1.87. The Kier molecular flexibility index (Phi) is 3.10. The van der Waals surface area contributed by atoms with Gasteiger partial charge < -0.3 is 0 Å². The number of nitrogens with zero attached hydrogens (tertiary/aromatic N) is 3. The molecule has 0 saturated carbocycles. The Hall–Kier alpha value is -1.89. The van der Waals surface area contributed by atoms with Crippen LogP contribution in [-0.4, -0.2) is 28.7 Å². The maximum Gasteiger partial charge on any atom is 0.232 e. The van der Waals surface area contributed by atoms with Gasteiger partial charge in [-0.2, -0.15) is 0 Å². The second-order valence-corrected chi connectivity index (χ2v) is 5.39. The van der Waals surface area contributed by atoms with E-state index in [1.807, 2.05) is 0 Å². The highest BCUT2D eigenvalue weighted by molar-refractivity contribution is 7.92. The van der Waals surface area contributed by atoms with Gasteiger partial charge in [0, 0.05) is 12.4 Å². The van der Waals surface area contributed by atoms with Crippen molar-refractivity contribution in [3.63, 3.8) is 0 Å². The molecular formula is C10H12N4O2S. The summed E-state index contributed by atoms with van der Waals surface area (Å²) >= 11 is 0. The molecule has 0 aliphatic carbocycles. The summed E-state index contributed by atoms with van der Waals surface area (Å²) in [6.45, 7) is 1.58. The molecule has 0 radical (unpaired) electrons. The summed E-state index contributed by atoms with van der Waals surface area (Å²) in [4.78, 5) is 8.04. The number of nitrogens with one attached hydrogen (secondary N) is 1. The number of anilines is 1. The summed E-state index contributed by atoms with van der Waals surface area (Å²) in [6, 6.07) is 3.38. The van der Waals surface area contributed by atoms with Crippen molar-refractivity contribution < 1.29 is 8.42 Å². The topological polar surface area (TPSA) is 76.9 Å². The summed E-state index contributed by atoms with van der Waals surface area (Å²) in [5.41, 5.74) is 0.454. The Bertz CT molecular complexity index is 575. The molecule has 2 heterocycles. The fraction of sp³-hybridized carbons (Fsp3) is 0.200. The standard InChI is InChI=1S/C10H12N4O2S/c1-2-17(15,16)13-9-3-4-10(12-7-9)14-6-5-11-8-14/h3-8,13H,2H2,1H3. The predicted octanol–water partition coefficient (Wildman–Crippen LogP) is 1.03. The maximum atomic E-state index is 11.3. The van der Waals surface area contributed by atoms with Crippen molar-refractivity contribution >= 4 is 15.7 Å². The molecule has 90 valence electrons. The van der Waals surface area contributed by atoms with Gasteiger partial charge in [0.05, 0.1) is 17.6 Å². The van der Waals surface area contributed by atoms with Gasteiger partial charge in [0.1, 0.15) is 12.1 Å². The molecule has 0 spiro atoms. The number of sulfonamides is 1. The molecule has 0 saturated heterocycles. The van der Waals surface area contributed by atoms with E-state index in [2.05, 4.69) is 14.7 Å². The number of pyridine rings is 1. The Morgan fingerprint density at radius 2 is 2.24 bits per heavy atom. The molecule has 2 aromatic heterocycles. The highest BCUT2D eigenvalue weighted by Crippen LogP contribution is 2.11. The molecule has 0 fully saturated rings. The van der Waals surface area contributed by atoms with Gasteiger partial charge in [-0.1, -0.05) is 0 Å². The summed E-state index contributed by atoms with van der Waals surface area (Å²) in [5, 5.41) is 0. The third-order valence-electron chi connectivity index (χ3n) is 2.17. The van der Waals surface area contributed by atoms with Crippen LogP contribution in [0.15, 0.2) is 37.1 Å². The number of imidazole rings is 1. The zero-order valence-electron chi connectivity index (χ0n) is 9.24. The van der Waals surface area contributed by atoms with Crippen LogP contribution in [0.4, 0.5) is 5.69 Å². The average molecular weight is 252 g/mol. The smallest absolute Gasteiger partial charge is 0.232 e. The van der Waals surface area contributed by atoms with Crippen LogP contribution in [0.3, 0.4) is 0 Å². The lowest BCUT2D eigenvalue weighted by Gasteiger charge is -2.06. The minimum absolute atomic E-state index is 0.0380. The zero-order valence-corrected chi connectivity index (χ0v) is 10.1. The van der Waals surface area contributed by atoms with Gasteiger partial charge in [0.15, 0.2) is 0 Å². The van der Waals surface area contributed by atoms with Crippen molar-refractivity contribution in [2.45, 2.75) is 6.92 Å². The van der Waals surface area contributed by atoms with Gasteiger partial charge in [-0.15, -0.1) is 0 Å². The van der Waals surface area contributed by atoms with Crippen LogP contribution in [0, 0.1) is 0 Å². The summed E-state index contributed by atoms with van der Waals surface area (Å²) < 4.78 is 26.8. The second-order valence-electron chi connectivity index (χ2n) is 3.38. The lowest BCUT2D eigenvalue weighted by atomic mass is 10.4. The molecule has 1 N–H and O–H groups in total. The zero-order chi connectivity index (χ0) is 12.3. The number of aromatic nitrogens is 3. The molecular weight excluding hydrogens is 240 g/mol. The van der Waals surface area contributed by atoms with Gasteiger partial charge in [0.25, 0.3) is 0 Å². The van der Waals surface area contributed by atoms with Crippen LogP contribution < -0.4 is 4.72 Å². The van der Waals surface area contributed by atoms with E-state index < -0.39 is 10.0 Å². The van der Waals surface area contributed by atoms with Crippen molar-refractivity contribution in [1.82, 2.24) is 14.5 Å². The first-order chi connectivity index (χ1) is 8.11. The van der Waals surface area contributed by atoms with Crippen LogP contribution in [0.2, 0.25) is 0 Å². The molecule has 2 rings (SSSR count). The molecule has 2 aromatic rings. The third-order valence-corrected chi connectivity index (χ3v) is 3.48. The first-order valence-corrected chi connectivity index (χ1v) is 6.71. The Labute approximate surface area is 99.4 Å². The second kappa shape index (κ2) is 4.54. The normalized spacial score (nSPS) is 11.4. The summed E-state index contributed by atoms with van der Waals surface area (Å²) in [5.74, 6) is 0.720.